The fraction of sp³-hybridized carbons (Fsp3) is 0.500. The van der Waals surface area contributed by atoms with E-state index in [1.165, 1.54) is 0 Å². The van der Waals surface area contributed by atoms with E-state index in [-0.39, 0.29) is 11.5 Å². The average Bonchev–Trinajstić information content (AvgIpc) is 2.53. The molecule has 1 heterocycles. The maximum atomic E-state index is 11.5. The quantitative estimate of drug-likeness (QED) is 0.910. The van der Waals surface area contributed by atoms with Gasteiger partial charge in [0.1, 0.15) is 5.75 Å². The molecule has 1 aliphatic heterocycles. The third-order valence-corrected chi connectivity index (χ3v) is 5.65. The van der Waals surface area contributed by atoms with Crippen molar-refractivity contribution in [2.75, 3.05) is 18.6 Å². The smallest absolute Gasteiger partial charge is 0.152 e. The lowest BCUT2D eigenvalue weighted by atomic mass is 9.91. The molecule has 0 spiro atoms. The molecule has 0 radical (unpaired) electrons. The van der Waals surface area contributed by atoms with Gasteiger partial charge >= 0.3 is 0 Å². The van der Waals surface area contributed by atoms with Crippen molar-refractivity contribution in [3.05, 3.63) is 28.2 Å². The molecule has 0 bridgehead atoms. The van der Waals surface area contributed by atoms with Crippen LogP contribution in [0.2, 0.25) is 0 Å². The zero-order valence-corrected chi connectivity index (χ0v) is 12.6. The molecule has 1 saturated heterocycles. The van der Waals surface area contributed by atoms with Crippen molar-refractivity contribution in [1.82, 2.24) is 0 Å². The van der Waals surface area contributed by atoms with Gasteiger partial charge in [0.15, 0.2) is 9.84 Å². The van der Waals surface area contributed by atoms with Crippen molar-refractivity contribution in [1.29, 1.82) is 0 Å². The molecule has 1 aliphatic rings. The lowest BCUT2D eigenvalue weighted by molar-refractivity contribution is 0.411. The van der Waals surface area contributed by atoms with Gasteiger partial charge < -0.3 is 10.5 Å². The zero-order chi connectivity index (χ0) is 13.4. The number of benzene rings is 1. The monoisotopic (exact) mass is 333 g/mol. The number of rotatable bonds is 3. The van der Waals surface area contributed by atoms with Crippen molar-refractivity contribution in [2.45, 2.75) is 18.4 Å². The minimum absolute atomic E-state index is 0.0731. The van der Waals surface area contributed by atoms with Crippen molar-refractivity contribution in [3.8, 4) is 5.75 Å². The summed E-state index contributed by atoms with van der Waals surface area (Å²) in [5, 5.41) is 0. The molecule has 1 fully saturated rings. The summed E-state index contributed by atoms with van der Waals surface area (Å²) in [7, 11) is -1.35. The van der Waals surface area contributed by atoms with Crippen molar-refractivity contribution in [2.24, 2.45) is 5.73 Å². The predicted molar refractivity (Wildman–Crippen MR) is 74.6 cm³/mol. The highest BCUT2D eigenvalue weighted by atomic mass is 79.9. The van der Waals surface area contributed by atoms with Gasteiger partial charge in [-0.15, -0.1) is 0 Å². The second-order valence-corrected chi connectivity index (χ2v) is 7.89. The van der Waals surface area contributed by atoms with Crippen LogP contribution in [0.15, 0.2) is 22.7 Å². The standard InChI is InChI=1S/C12H16BrNO3S/c1-17-11-3-2-9(6-10(11)13)7-12(14)4-5-18(15,16)8-12/h2-3,6H,4-5,7-8,14H2,1H3. The number of methoxy groups -OCH3 is 1. The van der Waals surface area contributed by atoms with E-state index in [2.05, 4.69) is 15.9 Å². The highest BCUT2D eigenvalue weighted by Crippen LogP contribution is 2.29. The van der Waals surface area contributed by atoms with Crippen LogP contribution in [-0.2, 0) is 16.3 Å². The third kappa shape index (κ3) is 3.05. The van der Waals surface area contributed by atoms with E-state index in [9.17, 15) is 8.42 Å². The summed E-state index contributed by atoms with van der Waals surface area (Å²) < 4.78 is 29.0. The molecule has 18 heavy (non-hydrogen) atoms. The number of halogens is 1. The first-order valence-corrected chi connectivity index (χ1v) is 8.27. The van der Waals surface area contributed by atoms with Crippen LogP contribution >= 0.6 is 15.9 Å². The summed E-state index contributed by atoms with van der Waals surface area (Å²) in [5.74, 6) is 1.02. The largest absolute Gasteiger partial charge is 0.496 e. The Hall–Kier alpha value is -0.590. The highest BCUT2D eigenvalue weighted by Gasteiger charge is 2.38. The predicted octanol–water partition coefficient (Wildman–Crippen LogP) is 1.52. The van der Waals surface area contributed by atoms with Crippen LogP contribution < -0.4 is 10.5 Å². The lowest BCUT2D eigenvalue weighted by Gasteiger charge is -2.22. The lowest BCUT2D eigenvalue weighted by Crippen LogP contribution is -2.43. The van der Waals surface area contributed by atoms with Gasteiger partial charge in [-0.1, -0.05) is 6.07 Å². The van der Waals surface area contributed by atoms with Crippen LogP contribution in [0, 0.1) is 0 Å². The molecule has 1 aromatic rings. The Morgan fingerprint density at radius 2 is 2.22 bits per heavy atom. The normalized spacial score (nSPS) is 26.2. The minimum atomic E-state index is -2.96. The minimum Gasteiger partial charge on any atom is -0.496 e. The van der Waals surface area contributed by atoms with Crippen molar-refractivity contribution < 1.29 is 13.2 Å². The van der Waals surface area contributed by atoms with Crippen LogP contribution in [0.1, 0.15) is 12.0 Å². The molecule has 1 unspecified atom stereocenters. The Balaban J connectivity index is 2.17. The summed E-state index contributed by atoms with van der Waals surface area (Å²) in [5.41, 5.74) is 6.55. The molecule has 2 rings (SSSR count). The van der Waals surface area contributed by atoms with E-state index in [4.69, 9.17) is 10.5 Å². The topological polar surface area (TPSA) is 69.4 Å². The average molecular weight is 334 g/mol. The van der Waals surface area contributed by atoms with Gasteiger partial charge in [-0.2, -0.15) is 0 Å². The SMILES string of the molecule is COc1ccc(CC2(N)CCS(=O)(=O)C2)cc1Br. The number of sulfone groups is 1. The number of nitrogens with two attached hydrogens (primary N) is 1. The summed E-state index contributed by atoms with van der Waals surface area (Å²) in [6, 6.07) is 5.70. The van der Waals surface area contributed by atoms with Gasteiger partial charge in [0.05, 0.1) is 23.1 Å². The van der Waals surface area contributed by atoms with Gasteiger partial charge in [-0.25, -0.2) is 8.42 Å². The van der Waals surface area contributed by atoms with Crippen LogP contribution in [0.4, 0.5) is 0 Å². The summed E-state index contributed by atoms with van der Waals surface area (Å²) >= 11 is 3.41. The Labute approximate surface area is 116 Å². The van der Waals surface area contributed by atoms with Crippen molar-refractivity contribution in [3.63, 3.8) is 0 Å². The van der Waals surface area contributed by atoms with Gasteiger partial charge in [0.2, 0.25) is 0 Å². The van der Waals surface area contributed by atoms with Gasteiger partial charge in [0, 0.05) is 5.54 Å². The third-order valence-electron chi connectivity index (χ3n) is 3.19. The molecule has 0 aromatic heterocycles. The summed E-state index contributed by atoms with van der Waals surface area (Å²) in [4.78, 5) is 0. The van der Waals surface area contributed by atoms with Gasteiger partial charge in [-0.3, -0.25) is 0 Å². The second kappa shape index (κ2) is 4.83. The Morgan fingerprint density at radius 3 is 2.72 bits per heavy atom. The molecule has 0 saturated carbocycles. The van der Waals surface area contributed by atoms with E-state index in [1.807, 2.05) is 18.2 Å². The maximum absolute atomic E-state index is 11.5. The first-order valence-electron chi connectivity index (χ1n) is 5.65. The Morgan fingerprint density at radius 1 is 1.50 bits per heavy atom. The molecule has 1 aromatic carbocycles. The highest BCUT2D eigenvalue weighted by molar-refractivity contribution is 9.10. The van der Waals surface area contributed by atoms with E-state index >= 15 is 0 Å². The fourth-order valence-electron chi connectivity index (χ4n) is 2.31. The maximum Gasteiger partial charge on any atom is 0.152 e. The second-order valence-electron chi connectivity index (χ2n) is 4.85. The summed E-state index contributed by atoms with van der Waals surface area (Å²) in [6.45, 7) is 0. The van der Waals surface area contributed by atoms with E-state index in [0.717, 1.165) is 15.8 Å². The fourth-order valence-corrected chi connectivity index (χ4v) is 4.88. The van der Waals surface area contributed by atoms with Crippen LogP contribution in [0.25, 0.3) is 0 Å². The Kier molecular flexibility index (Phi) is 3.71. The van der Waals surface area contributed by atoms with E-state index in [1.54, 1.807) is 7.11 Å². The van der Waals surface area contributed by atoms with Gasteiger partial charge in [0.25, 0.3) is 0 Å². The number of hydrogen-bond acceptors (Lipinski definition) is 4. The number of ether oxygens (including phenoxy) is 1. The van der Waals surface area contributed by atoms with E-state index < -0.39 is 15.4 Å². The Bertz CT molecular complexity index is 558. The molecule has 0 amide bonds. The van der Waals surface area contributed by atoms with Crippen LogP contribution in [0.5, 0.6) is 5.75 Å². The molecule has 100 valence electrons. The van der Waals surface area contributed by atoms with Crippen molar-refractivity contribution >= 4 is 25.8 Å². The van der Waals surface area contributed by atoms with Crippen LogP contribution in [0.3, 0.4) is 0 Å². The van der Waals surface area contributed by atoms with Gasteiger partial charge in [-0.05, 0) is 46.5 Å². The molecule has 1 atom stereocenters. The molecular weight excluding hydrogens is 318 g/mol. The molecule has 4 nitrogen and oxygen atoms in total. The first kappa shape index (κ1) is 13.8. The van der Waals surface area contributed by atoms with Crippen LogP contribution in [-0.4, -0.2) is 32.6 Å². The molecular formula is C12H16BrNO3S. The summed E-state index contributed by atoms with van der Waals surface area (Å²) in [6.07, 6.45) is 1.09. The first-order chi connectivity index (χ1) is 8.34. The zero-order valence-electron chi connectivity index (χ0n) is 10.1. The molecule has 6 heteroatoms. The number of hydrogen-bond donors (Lipinski definition) is 1. The molecule has 2 N–H and O–H groups in total. The van der Waals surface area contributed by atoms with E-state index in [0.29, 0.717) is 12.8 Å². The molecule has 0 aliphatic carbocycles.